The van der Waals surface area contributed by atoms with E-state index in [1.54, 1.807) is 24.0 Å². The van der Waals surface area contributed by atoms with Crippen LogP contribution in [0.25, 0.3) is 0 Å². The molecule has 0 spiro atoms. The molecule has 0 radical (unpaired) electrons. The van der Waals surface area contributed by atoms with Crippen LogP contribution in [0, 0.1) is 6.92 Å². The minimum Gasteiger partial charge on any atom is -0.352 e. The molecule has 2 aromatic rings. The number of nitrogens with one attached hydrogen (secondary N) is 1. The van der Waals surface area contributed by atoms with E-state index in [2.05, 4.69) is 21.2 Å². The van der Waals surface area contributed by atoms with Crippen molar-refractivity contribution in [3.8, 4) is 0 Å². The van der Waals surface area contributed by atoms with Crippen molar-refractivity contribution in [1.29, 1.82) is 0 Å². The van der Waals surface area contributed by atoms with Gasteiger partial charge in [-0.1, -0.05) is 46.3 Å². The van der Waals surface area contributed by atoms with E-state index in [1.165, 1.54) is 10.6 Å². The van der Waals surface area contributed by atoms with Crippen molar-refractivity contribution in [3.05, 3.63) is 64.1 Å². The first-order valence-electron chi connectivity index (χ1n) is 11.3. The lowest BCUT2D eigenvalue weighted by Crippen LogP contribution is -2.49. The molecular formula is C25H34BrN3O4S. The Kier molecular flexibility index (Phi) is 10.1. The third-order valence-electron chi connectivity index (χ3n) is 5.38. The molecule has 0 saturated heterocycles. The second-order valence-corrected chi connectivity index (χ2v) is 11.5. The number of hydrogen-bond acceptors (Lipinski definition) is 4. The number of carbonyl (C=O) groups excluding carboxylic acids is 2. The molecule has 1 atom stereocenters. The van der Waals surface area contributed by atoms with E-state index in [1.807, 2.05) is 57.2 Å². The Morgan fingerprint density at radius 3 is 2.32 bits per heavy atom. The zero-order valence-electron chi connectivity index (χ0n) is 20.4. The lowest BCUT2D eigenvalue weighted by molar-refractivity contribution is -0.140. The minimum atomic E-state index is -3.52. The largest absolute Gasteiger partial charge is 0.352 e. The van der Waals surface area contributed by atoms with E-state index < -0.39 is 16.1 Å². The van der Waals surface area contributed by atoms with E-state index in [0.717, 1.165) is 15.6 Å². The summed E-state index contributed by atoms with van der Waals surface area (Å²) in [6, 6.07) is 14.1. The van der Waals surface area contributed by atoms with Crippen LogP contribution in [0.15, 0.2) is 53.0 Å². The van der Waals surface area contributed by atoms with E-state index in [0.29, 0.717) is 12.1 Å². The quantitative estimate of drug-likeness (QED) is 0.452. The van der Waals surface area contributed by atoms with Gasteiger partial charge in [-0.25, -0.2) is 8.42 Å². The number of para-hydroxylation sites is 1. The van der Waals surface area contributed by atoms with Gasteiger partial charge in [-0.05, 0) is 63.4 Å². The van der Waals surface area contributed by atoms with Crippen LogP contribution in [0.5, 0.6) is 0 Å². The normalized spacial score (nSPS) is 12.3. The van der Waals surface area contributed by atoms with Crippen LogP contribution in [-0.4, -0.2) is 50.0 Å². The summed E-state index contributed by atoms with van der Waals surface area (Å²) in [4.78, 5) is 27.5. The lowest BCUT2D eigenvalue weighted by Gasteiger charge is -2.30. The third-order valence-corrected chi connectivity index (χ3v) is 7.05. The van der Waals surface area contributed by atoms with Crippen molar-refractivity contribution in [1.82, 2.24) is 10.2 Å². The minimum absolute atomic E-state index is 0.0461. The maximum absolute atomic E-state index is 13.3. The summed E-state index contributed by atoms with van der Waals surface area (Å²) in [6.45, 7) is 7.76. The Labute approximate surface area is 211 Å². The zero-order chi connectivity index (χ0) is 25.5. The van der Waals surface area contributed by atoms with Gasteiger partial charge in [-0.3, -0.25) is 13.9 Å². The number of sulfonamides is 1. The summed E-state index contributed by atoms with van der Waals surface area (Å²) < 4.78 is 27.1. The van der Waals surface area contributed by atoms with Crippen LogP contribution >= 0.6 is 15.9 Å². The van der Waals surface area contributed by atoms with Gasteiger partial charge in [-0.2, -0.15) is 0 Å². The number of aryl methyl sites for hydroxylation is 1. The third kappa shape index (κ3) is 8.13. The highest BCUT2D eigenvalue weighted by Crippen LogP contribution is 2.23. The highest BCUT2D eigenvalue weighted by molar-refractivity contribution is 9.10. The fraction of sp³-hybridized carbons (Fsp3) is 0.440. The van der Waals surface area contributed by atoms with Gasteiger partial charge in [0.1, 0.15) is 6.04 Å². The first kappa shape index (κ1) is 27.9. The Morgan fingerprint density at radius 2 is 1.74 bits per heavy atom. The maximum Gasteiger partial charge on any atom is 0.242 e. The molecule has 34 heavy (non-hydrogen) atoms. The lowest BCUT2D eigenvalue weighted by atomic mass is 10.1. The van der Waals surface area contributed by atoms with Crippen LogP contribution in [0.2, 0.25) is 0 Å². The number of halogens is 1. The van der Waals surface area contributed by atoms with E-state index in [9.17, 15) is 18.0 Å². The van der Waals surface area contributed by atoms with Crippen LogP contribution < -0.4 is 9.62 Å². The van der Waals surface area contributed by atoms with E-state index >= 15 is 0 Å². The first-order valence-corrected chi connectivity index (χ1v) is 13.9. The predicted molar refractivity (Wildman–Crippen MR) is 140 cm³/mol. The highest BCUT2D eigenvalue weighted by atomic mass is 79.9. The van der Waals surface area contributed by atoms with Crippen LogP contribution in [0.3, 0.4) is 0 Å². The number of benzene rings is 2. The molecule has 0 fully saturated rings. The molecule has 2 amide bonds. The molecule has 0 heterocycles. The van der Waals surface area contributed by atoms with E-state index in [-0.39, 0.29) is 37.4 Å². The summed E-state index contributed by atoms with van der Waals surface area (Å²) in [5.74, 6) is -0.430. The molecule has 0 bridgehead atoms. The van der Waals surface area contributed by atoms with Crippen LogP contribution in [0.1, 0.15) is 44.7 Å². The molecule has 0 saturated carbocycles. The fourth-order valence-corrected chi connectivity index (χ4v) is 5.11. The monoisotopic (exact) mass is 551 g/mol. The van der Waals surface area contributed by atoms with Crippen molar-refractivity contribution in [2.75, 3.05) is 17.1 Å². The highest BCUT2D eigenvalue weighted by Gasteiger charge is 2.27. The molecule has 2 aromatic carbocycles. The smallest absolute Gasteiger partial charge is 0.242 e. The second-order valence-electron chi connectivity index (χ2n) is 8.72. The van der Waals surface area contributed by atoms with Crippen LogP contribution in [0.4, 0.5) is 5.69 Å². The van der Waals surface area contributed by atoms with Crippen molar-refractivity contribution >= 4 is 43.5 Å². The molecule has 1 N–H and O–H groups in total. The average Bonchev–Trinajstić information content (AvgIpc) is 2.74. The standard InChI is InChI=1S/C25H34BrN3O4S/c1-18(2)27-25(31)20(4)28(17-21-11-8-12-22(26)16-21)24(30)14-9-15-29(34(5,32)33)23-13-7-6-10-19(23)3/h6-8,10-13,16,18,20H,9,14-15,17H2,1-5H3,(H,27,31)/t20-/m0/s1. The SMILES string of the molecule is Cc1ccccc1N(CCCC(=O)N(Cc1cccc(Br)c1)[C@@H](C)C(=O)NC(C)C)S(C)(=O)=O. The van der Waals surface area contributed by atoms with Crippen molar-refractivity contribution in [2.24, 2.45) is 0 Å². The molecule has 186 valence electrons. The molecule has 0 unspecified atom stereocenters. The van der Waals surface area contributed by atoms with Gasteiger partial charge in [0.25, 0.3) is 0 Å². The number of anilines is 1. The first-order chi connectivity index (χ1) is 15.9. The zero-order valence-corrected chi connectivity index (χ0v) is 22.8. The Morgan fingerprint density at radius 1 is 1.06 bits per heavy atom. The molecule has 7 nitrogen and oxygen atoms in total. The average molecular weight is 553 g/mol. The van der Waals surface area contributed by atoms with Gasteiger partial charge in [-0.15, -0.1) is 0 Å². The second kappa shape index (κ2) is 12.4. The van der Waals surface area contributed by atoms with Gasteiger partial charge >= 0.3 is 0 Å². The van der Waals surface area contributed by atoms with Crippen molar-refractivity contribution in [3.63, 3.8) is 0 Å². The Balaban J connectivity index is 2.18. The molecular weight excluding hydrogens is 518 g/mol. The molecule has 9 heteroatoms. The molecule has 0 aliphatic rings. The Hall–Kier alpha value is -2.39. The van der Waals surface area contributed by atoms with Gasteiger partial charge in [0.05, 0.1) is 11.9 Å². The van der Waals surface area contributed by atoms with E-state index in [4.69, 9.17) is 0 Å². The summed E-state index contributed by atoms with van der Waals surface area (Å²) >= 11 is 3.45. The molecule has 0 aromatic heterocycles. The molecule has 2 rings (SSSR count). The van der Waals surface area contributed by atoms with Gasteiger partial charge < -0.3 is 10.2 Å². The summed E-state index contributed by atoms with van der Waals surface area (Å²) in [5, 5.41) is 2.87. The summed E-state index contributed by atoms with van der Waals surface area (Å²) in [5.41, 5.74) is 2.34. The number of hydrogen-bond donors (Lipinski definition) is 1. The van der Waals surface area contributed by atoms with Gasteiger partial charge in [0, 0.05) is 30.0 Å². The van der Waals surface area contributed by atoms with Crippen molar-refractivity contribution < 1.29 is 18.0 Å². The summed E-state index contributed by atoms with van der Waals surface area (Å²) in [7, 11) is -3.52. The number of amides is 2. The maximum atomic E-state index is 13.3. The topological polar surface area (TPSA) is 86.8 Å². The Bertz CT molecular complexity index is 1100. The molecule has 0 aliphatic heterocycles. The summed E-state index contributed by atoms with van der Waals surface area (Å²) in [6.07, 6.45) is 1.61. The number of rotatable bonds is 11. The van der Waals surface area contributed by atoms with Crippen LogP contribution in [-0.2, 0) is 26.2 Å². The number of nitrogens with zero attached hydrogens (tertiary/aromatic N) is 2. The van der Waals surface area contributed by atoms with Crippen molar-refractivity contribution in [2.45, 2.75) is 59.2 Å². The number of carbonyl (C=O) groups is 2. The van der Waals surface area contributed by atoms with Gasteiger partial charge in [0.2, 0.25) is 21.8 Å². The molecule has 0 aliphatic carbocycles. The fourth-order valence-electron chi connectivity index (χ4n) is 3.65. The van der Waals surface area contributed by atoms with Gasteiger partial charge in [0.15, 0.2) is 0 Å². The predicted octanol–water partition coefficient (Wildman–Crippen LogP) is 4.25.